The summed E-state index contributed by atoms with van der Waals surface area (Å²) in [5.74, 6) is 0. The van der Waals surface area contributed by atoms with E-state index in [-0.39, 0.29) is 0 Å². The summed E-state index contributed by atoms with van der Waals surface area (Å²) in [6.07, 6.45) is 0. The lowest BCUT2D eigenvalue weighted by atomic mass is 13.3. The number of nitrogens with zero attached hydrogens (tertiary/aromatic N) is 1. The van der Waals surface area contributed by atoms with Gasteiger partial charge in [0.1, 0.15) is 7.51 Å². The van der Waals surface area contributed by atoms with Gasteiger partial charge in [0.25, 0.3) is 0 Å². The molecule has 4 heteroatoms. The second-order valence-electron chi connectivity index (χ2n) is 0.182. The number of hydrogen-bond donors (Lipinski definition) is 1. The number of rotatable bonds is 1. The number of hydrogen-bond acceptors (Lipinski definition) is 2. The summed E-state index contributed by atoms with van der Waals surface area (Å²) in [6.45, 7) is 0. The largest absolute Gasteiger partial charge is 0.200 e. The third-order valence-corrected chi connectivity index (χ3v) is 0.367. The van der Waals surface area contributed by atoms with Crippen LogP contribution in [0.15, 0.2) is 4.88 Å². The van der Waals surface area contributed by atoms with Gasteiger partial charge >= 0.3 is 0 Å². The molecule has 0 aliphatic carbocycles. The standard InChI is InChI=1S/HN2PS/c1-2-3-4/h1H. The first-order valence-electron chi connectivity index (χ1n) is 0.606. The fourth-order valence-electron chi connectivity index (χ4n) is 0. The molecule has 0 unspecified atom stereocenters. The summed E-state index contributed by atoms with van der Waals surface area (Å²) < 4.78 is 0. The van der Waals surface area contributed by atoms with Crippen molar-refractivity contribution in [3.05, 3.63) is 0 Å². The molecule has 0 rings (SSSR count). The van der Waals surface area contributed by atoms with Crippen LogP contribution in [0.1, 0.15) is 0 Å². The Labute approximate surface area is 30.6 Å². The summed E-state index contributed by atoms with van der Waals surface area (Å²) >= 11 is 4.17. The molecular formula is HN2PS. The van der Waals surface area contributed by atoms with Crippen molar-refractivity contribution in [1.29, 1.82) is 5.53 Å². The predicted molar refractivity (Wildman–Crippen MR) is 19.4 cm³/mol. The van der Waals surface area contributed by atoms with Crippen LogP contribution in [0.2, 0.25) is 0 Å². The van der Waals surface area contributed by atoms with Crippen molar-refractivity contribution in [2.75, 3.05) is 0 Å². The molecule has 22 valence electrons. The molecule has 0 spiro atoms. The first kappa shape index (κ1) is 4.12. The minimum Gasteiger partial charge on any atom is -0.200 e. The third-order valence-electron chi connectivity index (χ3n) is 0.0408. The molecule has 0 aromatic rings. The van der Waals surface area contributed by atoms with E-state index in [1.807, 2.05) is 0 Å². The maximum Gasteiger partial charge on any atom is 0.140 e. The van der Waals surface area contributed by atoms with Crippen LogP contribution in [0.5, 0.6) is 0 Å². The summed E-state index contributed by atoms with van der Waals surface area (Å²) in [4.78, 5) is 2.77. The van der Waals surface area contributed by atoms with Crippen molar-refractivity contribution in [3.8, 4) is 0 Å². The van der Waals surface area contributed by atoms with Crippen molar-refractivity contribution < 1.29 is 0 Å². The maximum absolute atomic E-state index is 5.96. The lowest BCUT2D eigenvalue weighted by Gasteiger charge is -1.40. The monoisotopic (exact) mass is 92.0 g/mol. The smallest absolute Gasteiger partial charge is 0.140 e. The molecule has 1 N–H and O–H groups in total. The zero-order valence-corrected chi connectivity index (χ0v) is 3.51. The number of nitrogens with one attached hydrogen (secondary N) is 1. The van der Waals surface area contributed by atoms with Crippen molar-refractivity contribution >= 4 is 19.3 Å². The molecule has 4 heavy (non-hydrogen) atoms. The Hall–Kier alpha value is 0.120. The van der Waals surface area contributed by atoms with Crippen LogP contribution in [-0.4, -0.2) is 0 Å². The van der Waals surface area contributed by atoms with Gasteiger partial charge in [-0.1, -0.05) is 0 Å². The van der Waals surface area contributed by atoms with Crippen LogP contribution in [0.4, 0.5) is 0 Å². The SMILES string of the molecule is N=NP=S. The van der Waals surface area contributed by atoms with E-state index in [1.54, 1.807) is 0 Å². The highest BCUT2D eigenvalue weighted by Gasteiger charge is 1.36. The average molecular weight is 92.1 g/mol. The second kappa shape index (κ2) is 3.12. The second-order valence-corrected chi connectivity index (χ2v) is 1.03. The van der Waals surface area contributed by atoms with Crippen molar-refractivity contribution in [2.24, 2.45) is 4.88 Å². The van der Waals surface area contributed by atoms with Crippen LogP contribution in [0, 0.1) is 5.53 Å². The van der Waals surface area contributed by atoms with Gasteiger partial charge in [-0.05, 0) is 11.8 Å². The van der Waals surface area contributed by atoms with E-state index in [0.717, 1.165) is 0 Å². The van der Waals surface area contributed by atoms with Gasteiger partial charge < -0.3 is 0 Å². The van der Waals surface area contributed by atoms with E-state index >= 15 is 0 Å². The normalized spacial score (nSPS) is 7.00. The van der Waals surface area contributed by atoms with Crippen molar-refractivity contribution in [2.45, 2.75) is 0 Å². The lowest BCUT2D eigenvalue weighted by molar-refractivity contribution is 1.25. The van der Waals surface area contributed by atoms with Crippen LogP contribution in [0.25, 0.3) is 0 Å². The minimum absolute atomic E-state index is 0.373. The highest BCUT2D eigenvalue weighted by molar-refractivity contribution is 7.95. The van der Waals surface area contributed by atoms with E-state index in [4.69, 9.17) is 5.53 Å². The van der Waals surface area contributed by atoms with Gasteiger partial charge in [-0.3, -0.25) is 0 Å². The van der Waals surface area contributed by atoms with Gasteiger partial charge in [0.2, 0.25) is 0 Å². The average Bonchev–Trinajstić information content (AvgIpc) is 1.37. The van der Waals surface area contributed by atoms with Gasteiger partial charge in [0.15, 0.2) is 0 Å². The van der Waals surface area contributed by atoms with Gasteiger partial charge in [0, 0.05) is 0 Å². The molecular weight excluding hydrogens is 91.1 g/mol. The van der Waals surface area contributed by atoms with E-state index < -0.39 is 0 Å². The molecule has 0 aromatic carbocycles. The van der Waals surface area contributed by atoms with Crippen LogP contribution < -0.4 is 0 Å². The molecule has 0 aromatic heterocycles. The Morgan fingerprint density at radius 3 is 2.25 bits per heavy atom. The molecule has 0 amide bonds. The fraction of sp³-hybridized carbons (Fsp3) is 0. The van der Waals surface area contributed by atoms with Crippen molar-refractivity contribution in [1.82, 2.24) is 0 Å². The Kier molecular flexibility index (Phi) is 3.21. The quantitative estimate of drug-likeness (QED) is 0.384. The van der Waals surface area contributed by atoms with Crippen molar-refractivity contribution in [3.63, 3.8) is 0 Å². The molecule has 0 aliphatic rings. The van der Waals surface area contributed by atoms with Gasteiger partial charge in [-0.2, -0.15) is 5.53 Å². The molecule has 0 aliphatic heterocycles. The molecule has 0 fully saturated rings. The van der Waals surface area contributed by atoms with E-state index in [9.17, 15) is 0 Å². The van der Waals surface area contributed by atoms with Crippen LogP contribution >= 0.6 is 7.51 Å². The molecule has 0 bridgehead atoms. The first-order chi connectivity index (χ1) is 1.91. The maximum atomic E-state index is 5.96. The zero-order chi connectivity index (χ0) is 3.41. The van der Waals surface area contributed by atoms with Gasteiger partial charge in [0.05, 0.1) is 0 Å². The molecule has 0 radical (unpaired) electrons. The van der Waals surface area contributed by atoms with E-state index in [2.05, 4.69) is 16.7 Å². The van der Waals surface area contributed by atoms with Crippen LogP contribution in [-0.2, 0) is 11.8 Å². The van der Waals surface area contributed by atoms with Gasteiger partial charge in [-0.15, -0.1) is 4.88 Å². The summed E-state index contributed by atoms with van der Waals surface area (Å²) in [7, 11) is 0.373. The molecule has 0 saturated heterocycles. The molecule has 0 atom stereocenters. The molecule has 0 saturated carbocycles. The summed E-state index contributed by atoms with van der Waals surface area (Å²) in [5, 5.41) is 0. The summed E-state index contributed by atoms with van der Waals surface area (Å²) in [6, 6.07) is 0. The van der Waals surface area contributed by atoms with Gasteiger partial charge in [-0.25, -0.2) is 0 Å². The Morgan fingerprint density at radius 2 is 2.25 bits per heavy atom. The topological polar surface area (TPSA) is 36.2 Å². The predicted octanol–water partition coefficient (Wildman–Crippen LogP) is 1.34. The zero-order valence-electron chi connectivity index (χ0n) is 1.80. The fourth-order valence-corrected chi connectivity index (χ4v) is 0. The minimum atomic E-state index is 0.373. The summed E-state index contributed by atoms with van der Waals surface area (Å²) in [5.41, 5.74) is 5.96. The first-order valence-corrected chi connectivity index (χ1v) is 2.47. The van der Waals surface area contributed by atoms with E-state index in [0.29, 0.717) is 7.51 Å². The highest BCUT2D eigenvalue weighted by Crippen LogP contribution is 1.85. The Morgan fingerprint density at radius 1 is 2.00 bits per heavy atom. The third kappa shape index (κ3) is 2.12. The van der Waals surface area contributed by atoms with E-state index in [1.165, 1.54) is 0 Å². The molecule has 0 heterocycles. The highest BCUT2D eigenvalue weighted by atomic mass is 32.4. The Balaban J connectivity index is 2.73. The van der Waals surface area contributed by atoms with Crippen LogP contribution in [0.3, 0.4) is 0 Å². The molecule has 2 nitrogen and oxygen atoms in total. The lowest BCUT2D eigenvalue weighted by Crippen LogP contribution is -1.01. The Bertz CT molecular complexity index is 27.0.